The smallest absolute Gasteiger partial charge is 0.251 e. The van der Waals surface area contributed by atoms with E-state index in [1.807, 2.05) is 13.8 Å². The number of carbonyl (C=O) groups excluding carboxylic acids is 1. The van der Waals surface area contributed by atoms with Gasteiger partial charge in [0.25, 0.3) is 5.91 Å². The molecule has 1 aliphatic rings. The van der Waals surface area contributed by atoms with Crippen LogP contribution in [-0.2, 0) is 13.0 Å². The minimum Gasteiger partial charge on any atom is -0.490 e. The van der Waals surface area contributed by atoms with Crippen molar-refractivity contribution in [3.05, 3.63) is 59.2 Å². The molecule has 1 atom stereocenters. The lowest BCUT2D eigenvalue weighted by molar-refractivity contribution is 0.0932. The number of rotatable bonds is 8. The predicted octanol–water partition coefficient (Wildman–Crippen LogP) is 3.66. The number of nitrogens with zero attached hydrogens (tertiary/aromatic N) is 1. The number of benzene rings is 2. The molecule has 1 amide bonds. The van der Waals surface area contributed by atoms with Crippen molar-refractivity contribution in [1.82, 2.24) is 10.2 Å². The van der Waals surface area contributed by atoms with E-state index in [1.165, 1.54) is 11.1 Å². The summed E-state index contributed by atoms with van der Waals surface area (Å²) < 4.78 is 11.2. The maximum Gasteiger partial charge on any atom is 0.251 e. The SMILES string of the molecule is CCOc1ccc(C(=O)NCC(C)N2CCc3ccccc3C2)cc1OCC. The summed E-state index contributed by atoms with van der Waals surface area (Å²) in [4.78, 5) is 15.1. The third-order valence-corrected chi connectivity index (χ3v) is 5.15. The highest BCUT2D eigenvalue weighted by molar-refractivity contribution is 5.94. The lowest BCUT2D eigenvalue weighted by Crippen LogP contribution is -2.44. The first-order chi connectivity index (χ1) is 13.6. The molecule has 0 saturated carbocycles. The summed E-state index contributed by atoms with van der Waals surface area (Å²) in [5, 5.41) is 3.06. The first-order valence-corrected chi connectivity index (χ1v) is 10.1. The van der Waals surface area contributed by atoms with Gasteiger partial charge in [-0.25, -0.2) is 0 Å². The maximum atomic E-state index is 12.6. The van der Waals surface area contributed by atoms with Crippen molar-refractivity contribution in [2.45, 2.75) is 39.8 Å². The molecule has 0 aliphatic carbocycles. The van der Waals surface area contributed by atoms with E-state index in [-0.39, 0.29) is 11.9 Å². The van der Waals surface area contributed by atoms with Crippen LogP contribution < -0.4 is 14.8 Å². The zero-order valence-electron chi connectivity index (χ0n) is 17.0. The van der Waals surface area contributed by atoms with E-state index >= 15 is 0 Å². The van der Waals surface area contributed by atoms with Gasteiger partial charge in [0.15, 0.2) is 11.5 Å². The number of amides is 1. The van der Waals surface area contributed by atoms with Gasteiger partial charge in [0.1, 0.15) is 0 Å². The normalized spacial score (nSPS) is 14.8. The van der Waals surface area contributed by atoms with E-state index in [9.17, 15) is 4.79 Å². The van der Waals surface area contributed by atoms with Crippen molar-refractivity contribution < 1.29 is 14.3 Å². The Morgan fingerprint density at radius 2 is 1.79 bits per heavy atom. The molecule has 0 fully saturated rings. The lowest BCUT2D eigenvalue weighted by Gasteiger charge is -2.33. The summed E-state index contributed by atoms with van der Waals surface area (Å²) in [6, 6.07) is 14.2. The molecule has 2 aromatic carbocycles. The molecule has 5 nitrogen and oxygen atoms in total. The van der Waals surface area contributed by atoms with Gasteiger partial charge in [-0.3, -0.25) is 9.69 Å². The van der Waals surface area contributed by atoms with Crippen LogP contribution in [0.5, 0.6) is 11.5 Å². The number of ether oxygens (including phenoxy) is 2. The topological polar surface area (TPSA) is 50.8 Å². The summed E-state index contributed by atoms with van der Waals surface area (Å²) in [7, 11) is 0. The third kappa shape index (κ3) is 4.84. The van der Waals surface area contributed by atoms with Crippen LogP contribution in [0, 0.1) is 0 Å². The summed E-state index contributed by atoms with van der Waals surface area (Å²) in [5.74, 6) is 1.19. The van der Waals surface area contributed by atoms with Crippen LogP contribution >= 0.6 is 0 Å². The van der Waals surface area contributed by atoms with E-state index in [2.05, 4.69) is 41.4 Å². The van der Waals surface area contributed by atoms with Crippen LogP contribution in [0.15, 0.2) is 42.5 Å². The standard InChI is InChI=1S/C23H30N2O3/c1-4-27-21-11-10-19(14-22(21)28-5-2)23(26)24-15-17(3)25-13-12-18-8-6-7-9-20(18)16-25/h6-11,14,17H,4-5,12-13,15-16H2,1-3H3,(H,24,26). The second-order valence-corrected chi connectivity index (χ2v) is 7.08. The second-order valence-electron chi connectivity index (χ2n) is 7.08. The quantitative estimate of drug-likeness (QED) is 0.757. The van der Waals surface area contributed by atoms with E-state index in [1.54, 1.807) is 18.2 Å². The van der Waals surface area contributed by atoms with Crippen molar-refractivity contribution >= 4 is 5.91 Å². The molecule has 0 radical (unpaired) electrons. The van der Waals surface area contributed by atoms with E-state index in [0.29, 0.717) is 36.8 Å². The molecule has 3 rings (SSSR count). The van der Waals surface area contributed by atoms with Gasteiger partial charge in [-0.15, -0.1) is 0 Å². The minimum absolute atomic E-state index is 0.0896. The number of carbonyl (C=O) groups is 1. The molecule has 2 aromatic rings. The summed E-state index contributed by atoms with van der Waals surface area (Å²) in [6.07, 6.45) is 1.06. The Morgan fingerprint density at radius 3 is 2.54 bits per heavy atom. The Balaban J connectivity index is 1.58. The van der Waals surface area contributed by atoms with Gasteiger partial charge in [-0.1, -0.05) is 24.3 Å². The fourth-order valence-corrected chi connectivity index (χ4v) is 3.56. The average molecular weight is 383 g/mol. The largest absolute Gasteiger partial charge is 0.490 e. The summed E-state index contributed by atoms with van der Waals surface area (Å²) >= 11 is 0. The Hall–Kier alpha value is -2.53. The molecule has 0 aromatic heterocycles. The molecule has 1 unspecified atom stereocenters. The zero-order valence-corrected chi connectivity index (χ0v) is 17.0. The predicted molar refractivity (Wildman–Crippen MR) is 111 cm³/mol. The van der Waals surface area contributed by atoms with Crippen LogP contribution in [0.1, 0.15) is 42.3 Å². The summed E-state index contributed by atoms with van der Waals surface area (Å²) in [5.41, 5.74) is 3.41. The first kappa shape index (κ1) is 20.2. The fourth-order valence-electron chi connectivity index (χ4n) is 3.56. The molecule has 150 valence electrons. The Morgan fingerprint density at radius 1 is 1.07 bits per heavy atom. The van der Waals surface area contributed by atoms with Crippen LogP contribution in [0.25, 0.3) is 0 Å². The molecule has 0 bridgehead atoms. The fraction of sp³-hybridized carbons (Fsp3) is 0.435. The Bertz CT molecular complexity index is 806. The monoisotopic (exact) mass is 382 g/mol. The van der Waals surface area contributed by atoms with Crippen molar-refractivity contribution in [2.75, 3.05) is 26.3 Å². The van der Waals surface area contributed by atoms with Gasteiger partial charge in [0, 0.05) is 31.2 Å². The number of hydrogen-bond donors (Lipinski definition) is 1. The van der Waals surface area contributed by atoms with Crippen LogP contribution in [0.3, 0.4) is 0 Å². The van der Waals surface area contributed by atoms with Gasteiger partial charge < -0.3 is 14.8 Å². The van der Waals surface area contributed by atoms with Crippen molar-refractivity contribution in [1.29, 1.82) is 0 Å². The molecule has 28 heavy (non-hydrogen) atoms. The lowest BCUT2D eigenvalue weighted by atomic mass is 9.99. The van der Waals surface area contributed by atoms with E-state index < -0.39 is 0 Å². The average Bonchev–Trinajstić information content (AvgIpc) is 2.73. The highest BCUT2D eigenvalue weighted by Gasteiger charge is 2.21. The molecular formula is C23H30N2O3. The Labute approximate surface area is 167 Å². The molecule has 0 spiro atoms. The van der Waals surface area contributed by atoms with E-state index in [0.717, 1.165) is 19.5 Å². The molecule has 1 aliphatic heterocycles. The van der Waals surface area contributed by atoms with Crippen LogP contribution in [-0.4, -0.2) is 43.2 Å². The highest BCUT2D eigenvalue weighted by Crippen LogP contribution is 2.28. The van der Waals surface area contributed by atoms with Gasteiger partial charge >= 0.3 is 0 Å². The van der Waals surface area contributed by atoms with Gasteiger partial charge in [0.2, 0.25) is 0 Å². The molecule has 1 N–H and O–H groups in total. The number of hydrogen-bond acceptors (Lipinski definition) is 4. The van der Waals surface area contributed by atoms with Gasteiger partial charge in [-0.2, -0.15) is 0 Å². The maximum absolute atomic E-state index is 12.6. The van der Waals surface area contributed by atoms with Crippen molar-refractivity contribution in [3.63, 3.8) is 0 Å². The minimum atomic E-state index is -0.0896. The second kappa shape index (κ2) is 9.60. The highest BCUT2D eigenvalue weighted by atomic mass is 16.5. The van der Waals surface area contributed by atoms with E-state index in [4.69, 9.17) is 9.47 Å². The zero-order chi connectivity index (χ0) is 19.9. The van der Waals surface area contributed by atoms with Gasteiger partial charge in [0.05, 0.1) is 13.2 Å². The molecular weight excluding hydrogens is 352 g/mol. The molecule has 0 saturated heterocycles. The van der Waals surface area contributed by atoms with Crippen molar-refractivity contribution in [3.8, 4) is 11.5 Å². The Kier molecular flexibility index (Phi) is 6.93. The van der Waals surface area contributed by atoms with Crippen LogP contribution in [0.4, 0.5) is 0 Å². The molecule has 1 heterocycles. The van der Waals surface area contributed by atoms with Crippen LogP contribution in [0.2, 0.25) is 0 Å². The first-order valence-electron chi connectivity index (χ1n) is 10.1. The third-order valence-electron chi connectivity index (χ3n) is 5.15. The summed E-state index contributed by atoms with van der Waals surface area (Å²) in [6.45, 7) is 9.66. The van der Waals surface area contributed by atoms with Gasteiger partial charge in [-0.05, 0) is 56.5 Å². The number of nitrogens with one attached hydrogen (secondary N) is 1. The molecule has 5 heteroatoms. The number of fused-ring (bicyclic) bond motifs is 1. The van der Waals surface area contributed by atoms with Crippen molar-refractivity contribution in [2.24, 2.45) is 0 Å².